The second kappa shape index (κ2) is 7.11. The minimum absolute atomic E-state index is 0.00978. The molecular formula is C14H16N4O4. The Hall–Kier alpha value is -3.03. The molecule has 0 saturated heterocycles. The summed E-state index contributed by atoms with van der Waals surface area (Å²) in [6.07, 6.45) is 1.44. The number of amides is 1. The van der Waals surface area contributed by atoms with E-state index in [0.717, 1.165) is 0 Å². The number of nitrogens with zero attached hydrogens (tertiary/aromatic N) is 1. The molecule has 0 aliphatic rings. The monoisotopic (exact) mass is 304 g/mol. The average molecular weight is 304 g/mol. The first-order valence-electron chi connectivity index (χ1n) is 6.62. The topological polar surface area (TPSA) is 120 Å². The first-order chi connectivity index (χ1) is 10.6. The van der Waals surface area contributed by atoms with E-state index >= 15 is 0 Å². The number of nitrogens with one attached hydrogen (secondary N) is 3. The van der Waals surface area contributed by atoms with Crippen molar-refractivity contribution in [3.05, 3.63) is 45.9 Å². The van der Waals surface area contributed by atoms with Crippen molar-refractivity contribution in [1.82, 2.24) is 15.6 Å². The predicted octanol–water partition coefficient (Wildman–Crippen LogP) is 0.500. The maximum Gasteiger partial charge on any atom is 0.264 e. The Labute approximate surface area is 125 Å². The fourth-order valence-corrected chi connectivity index (χ4v) is 1.74. The van der Waals surface area contributed by atoms with Gasteiger partial charge in [-0.05, 0) is 30.7 Å². The number of aromatic amines is 2. The van der Waals surface area contributed by atoms with Gasteiger partial charge in [0.2, 0.25) is 5.91 Å². The lowest BCUT2D eigenvalue weighted by Crippen LogP contribution is -2.20. The van der Waals surface area contributed by atoms with Crippen molar-refractivity contribution in [3.8, 4) is 11.5 Å². The molecule has 0 aliphatic carbocycles. The van der Waals surface area contributed by atoms with Crippen molar-refractivity contribution in [2.75, 3.05) is 6.61 Å². The molecule has 0 bridgehead atoms. The van der Waals surface area contributed by atoms with Gasteiger partial charge >= 0.3 is 0 Å². The van der Waals surface area contributed by atoms with Crippen LogP contribution in [-0.4, -0.2) is 34.0 Å². The largest absolute Gasteiger partial charge is 0.504 e. The number of phenols is 1. The highest BCUT2D eigenvalue weighted by Gasteiger charge is 2.05. The third-order valence-corrected chi connectivity index (χ3v) is 2.69. The van der Waals surface area contributed by atoms with E-state index in [1.54, 1.807) is 12.1 Å². The van der Waals surface area contributed by atoms with Crippen LogP contribution in [0, 0.1) is 0 Å². The molecule has 2 rings (SSSR count). The fraction of sp³-hybridized carbons (Fsp3) is 0.214. The third kappa shape index (κ3) is 4.23. The minimum atomic E-state index is -0.365. The molecule has 0 atom stereocenters. The van der Waals surface area contributed by atoms with Crippen LogP contribution in [0.3, 0.4) is 0 Å². The van der Waals surface area contributed by atoms with Gasteiger partial charge in [0.25, 0.3) is 5.56 Å². The first-order valence-corrected chi connectivity index (χ1v) is 6.62. The van der Waals surface area contributed by atoms with Crippen molar-refractivity contribution >= 4 is 12.1 Å². The minimum Gasteiger partial charge on any atom is -0.504 e. The number of aromatic hydroxyl groups is 1. The van der Waals surface area contributed by atoms with Crippen LogP contribution < -0.4 is 15.7 Å². The van der Waals surface area contributed by atoms with Crippen molar-refractivity contribution in [1.29, 1.82) is 0 Å². The number of rotatable bonds is 6. The highest BCUT2D eigenvalue weighted by Crippen LogP contribution is 2.26. The quantitative estimate of drug-likeness (QED) is 0.459. The van der Waals surface area contributed by atoms with E-state index < -0.39 is 0 Å². The summed E-state index contributed by atoms with van der Waals surface area (Å²) in [4.78, 5) is 22.5. The average Bonchev–Trinajstić information content (AvgIpc) is 2.88. The number of ether oxygens (including phenoxy) is 1. The smallest absolute Gasteiger partial charge is 0.264 e. The van der Waals surface area contributed by atoms with Gasteiger partial charge in [-0.1, -0.05) is 0 Å². The van der Waals surface area contributed by atoms with E-state index in [-0.39, 0.29) is 23.6 Å². The standard InChI is InChI=1S/C14H16N4O4/c1-2-22-12-5-9(3-4-11(12)19)8-15-17-13(20)6-10-7-14(21)18-16-10/h3-5,7-8,19H,2,6H2,1H3,(H,17,20)(H2,16,18,21). The molecule has 116 valence electrons. The van der Waals surface area contributed by atoms with Crippen LogP contribution in [0.15, 0.2) is 34.2 Å². The SMILES string of the molecule is CCOc1cc(C=NNC(=O)Cc2cc(=O)[nH][nH]2)ccc1O. The van der Waals surface area contributed by atoms with Gasteiger partial charge in [0.1, 0.15) is 0 Å². The maximum atomic E-state index is 11.6. The molecule has 8 nitrogen and oxygen atoms in total. The van der Waals surface area contributed by atoms with Gasteiger partial charge in [0.05, 0.1) is 19.2 Å². The van der Waals surface area contributed by atoms with E-state index in [1.165, 1.54) is 18.3 Å². The Morgan fingerprint density at radius 3 is 2.91 bits per heavy atom. The molecule has 1 amide bonds. The molecule has 0 spiro atoms. The van der Waals surface area contributed by atoms with Gasteiger partial charge in [-0.15, -0.1) is 0 Å². The zero-order chi connectivity index (χ0) is 15.9. The molecule has 4 N–H and O–H groups in total. The highest BCUT2D eigenvalue weighted by atomic mass is 16.5. The van der Waals surface area contributed by atoms with E-state index in [2.05, 4.69) is 20.7 Å². The maximum absolute atomic E-state index is 11.6. The summed E-state index contributed by atoms with van der Waals surface area (Å²) >= 11 is 0. The molecule has 0 aliphatic heterocycles. The molecule has 0 radical (unpaired) electrons. The second-order valence-electron chi connectivity index (χ2n) is 4.41. The lowest BCUT2D eigenvalue weighted by Gasteiger charge is -2.05. The van der Waals surface area contributed by atoms with E-state index in [4.69, 9.17) is 4.74 Å². The summed E-state index contributed by atoms with van der Waals surface area (Å²) in [7, 11) is 0. The van der Waals surface area contributed by atoms with Gasteiger partial charge in [0, 0.05) is 11.8 Å². The summed E-state index contributed by atoms with van der Waals surface area (Å²) in [5.41, 5.74) is 3.19. The normalized spacial score (nSPS) is 10.8. The summed E-state index contributed by atoms with van der Waals surface area (Å²) < 4.78 is 5.25. The molecule has 1 aromatic carbocycles. The van der Waals surface area contributed by atoms with Gasteiger partial charge in [0.15, 0.2) is 11.5 Å². The van der Waals surface area contributed by atoms with Gasteiger partial charge in [-0.25, -0.2) is 5.43 Å². The van der Waals surface area contributed by atoms with Crippen LogP contribution >= 0.6 is 0 Å². The Bertz CT molecular complexity index is 732. The van der Waals surface area contributed by atoms with Crippen molar-refractivity contribution in [3.63, 3.8) is 0 Å². The summed E-state index contributed by atoms with van der Waals surface area (Å²) in [5.74, 6) is 0.0254. The number of aromatic nitrogens is 2. The number of benzene rings is 1. The Balaban J connectivity index is 1.93. The van der Waals surface area contributed by atoms with E-state index in [1.807, 2.05) is 6.92 Å². The van der Waals surface area contributed by atoms with E-state index in [9.17, 15) is 14.7 Å². The second-order valence-corrected chi connectivity index (χ2v) is 4.41. The fourth-order valence-electron chi connectivity index (χ4n) is 1.74. The molecule has 22 heavy (non-hydrogen) atoms. The molecule has 0 unspecified atom stereocenters. The third-order valence-electron chi connectivity index (χ3n) is 2.69. The molecule has 0 saturated carbocycles. The number of hydrogen-bond acceptors (Lipinski definition) is 5. The number of carbonyl (C=O) groups excluding carboxylic acids is 1. The number of carbonyl (C=O) groups is 1. The first kappa shape index (κ1) is 15.4. The van der Waals surface area contributed by atoms with Gasteiger partial charge in [-0.2, -0.15) is 5.10 Å². The summed E-state index contributed by atoms with van der Waals surface area (Å²) in [6, 6.07) is 6.03. The Morgan fingerprint density at radius 2 is 2.23 bits per heavy atom. The molecule has 1 aromatic heterocycles. The zero-order valence-electron chi connectivity index (χ0n) is 11.9. The predicted molar refractivity (Wildman–Crippen MR) is 80.1 cm³/mol. The Morgan fingerprint density at radius 1 is 1.41 bits per heavy atom. The Kier molecular flexibility index (Phi) is 4.97. The summed E-state index contributed by atoms with van der Waals surface area (Å²) in [6.45, 7) is 2.24. The number of phenolic OH excluding ortho intramolecular Hbond substituents is 1. The molecule has 0 fully saturated rings. The number of hydrogen-bond donors (Lipinski definition) is 4. The summed E-state index contributed by atoms with van der Waals surface area (Å²) in [5, 5.41) is 18.3. The van der Waals surface area contributed by atoms with Crippen LogP contribution in [0.2, 0.25) is 0 Å². The molecule has 2 aromatic rings. The van der Waals surface area contributed by atoms with Crippen LogP contribution in [0.25, 0.3) is 0 Å². The molecule has 1 heterocycles. The number of hydrazone groups is 1. The zero-order valence-corrected chi connectivity index (χ0v) is 11.9. The van der Waals surface area contributed by atoms with E-state index in [0.29, 0.717) is 23.6 Å². The van der Waals surface area contributed by atoms with Crippen LogP contribution in [0.4, 0.5) is 0 Å². The van der Waals surface area contributed by atoms with Crippen LogP contribution in [0.5, 0.6) is 11.5 Å². The lowest BCUT2D eigenvalue weighted by atomic mass is 10.2. The molecule has 8 heteroatoms. The molecular weight excluding hydrogens is 288 g/mol. The highest BCUT2D eigenvalue weighted by molar-refractivity contribution is 5.83. The van der Waals surface area contributed by atoms with Gasteiger partial charge < -0.3 is 14.9 Å². The number of H-pyrrole nitrogens is 2. The van der Waals surface area contributed by atoms with Crippen LogP contribution in [-0.2, 0) is 11.2 Å². The van der Waals surface area contributed by atoms with Gasteiger partial charge in [-0.3, -0.25) is 14.7 Å². The van der Waals surface area contributed by atoms with Crippen molar-refractivity contribution in [2.24, 2.45) is 5.10 Å². The van der Waals surface area contributed by atoms with Crippen molar-refractivity contribution in [2.45, 2.75) is 13.3 Å². The van der Waals surface area contributed by atoms with Crippen molar-refractivity contribution < 1.29 is 14.6 Å². The lowest BCUT2D eigenvalue weighted by molar-refractivity contribution is -0.120. The van der Waals surface area contributed by atoms with Crippen LogP contribution in [0.1, 0.15) is 18.2 Å².